The fourth-order valence-electron chi connectivity index (χ4n) is 2.01. The predicted octanol–water partition coefficient (Wildman–Crippen LogP) is 4.15. The van der Waals surface area contributed by atoms with E-state index in [1.807, 2.05) is 6.92 Å². The monoisotopic (exact) mass is 196 g/mol. The maximum atomic E-state index is 4.15. The van der Waals surface area contributed by atoms with Gasteiger partial charge in [0.15, 0.2) is 0 Å². The number of hydrogen-bond donors (Lipinski definition) is 0. The van der Waals surface area contributed by atoms with Crippen molar-refractivity contribution in [2.75, 3.05) is 0 Å². The maximum absolute atomic E-state index is 4.15. The number of aryl methyl sites for hydroxylation is 1. The van der Waals surface area contributed by atoms with Crippen LogP contribution >= 0.6 is 0 Å². The van der Waals surface area contributed by atoms with Crippen molar-refractivity contribution < 1.29 is 0 Å². The minimum absolute atomic E-state index is 1.08. The first-order valence-electron chi connectivity index (χ1n) is 5.42. The molecule has 0 saturated heterocycles. The van der Waals surface area contributed by atoms with Gasteiger partial charge in [0.25, 0.3) is 0 Å². The minimum Gasteiger partial charge on any atom is -0.0952 e. The van der Waals surface area contributed by atoms with E-state index < -0.39 is 0 Å². The number of rotatable bonds is 1. The van der Waals surface area contributed by atoms with Crippen LogP contribution in [-0.2, 0) is 6.42 Å². The Morgan fingerprint density at radius 2 is 2.00 bits per heavy atom. The van der Waals surface area contributed by atoms with Crippen LogP contribution in [0.2, 0.25) is 0 Å². The van der Waals surface area contributed by atoms with Crippen molar-refractivity contribution >= 4 is 5.57 Å². The second-order valence-electron chi connectivity index (χ2n) is 3.87. The summed E-state index contributed by atoms with van der Waals surface area (Å²) in [6.45, 7) is 6.18. The van der Waals surface area contributed by atoms with Gasteiger partial charge >= 0.3 is 0 Å². The smallest absolute Gasteiger partial charge is 0.0149 e. The van der Waals surface area contributed by atoms with Gasteiger partial charge in [-0.1, -0.05) is 49.1 Å². The molecule has 15 heavy (non-hydrogen) atoms. The average molecular weight is 196 g/mol. The van der Waals surface area contributed by atoms with Crippen molar-refractivity contribution in [3.8, 4) is 0 Å². The largest absolute Gasteiger partial charge is 0.0952 e. The fraction of sp³-hybridized carbons (Fsp3) is 0.200. The molecule has 1 aromatic carbocycles. The van der Waals surface area contributed by atoms with Crippen molar-refractivity contribution in [1.82, 2.24) is 0 Å². The molecule has 0 heterocycles. The molecule has 0 amide bonds. The van der Waals surface area contributed by atoms with Crippen LogP contribution in [0.15, 0.2) is 54.6 Å². The lowest BCUT2D eigenvalue weighted by Gasteiger charge is -2.20. The molecule has 2 rings (SSSR count). The van der Waals surface area contributed by atoms with Crippen molar-refractivity contribution in [2.24, 2.45) is 0 Å². The van der Waals surface area contributed by atoms with Crippen molar-refractivity contribution in [3.05, 3.63) is 65.8 Å². The highest BCUT2D eigenvalue weighted by atomic mass is 14.2. The summed E-state index contributed by atoms with van der Waals surface area (Å²) in [4.78, 5) is 0. The van der Waals surface area contributed by atoms with Crippen molar-refractivity contribution in [2.45, 2.75) is 19.8 Å². The lowest BCUT2D eigenvalue weighted by atomic mass is 9.84. The standard InChI is InChI=1S/C15H16/c1-3-4-8-14-12(2)10-11-13-7-5-6-9-15(13)14/h3-9H,2,10-11H2,1H3/b4-3-,14-8+. The molecule has 0 fully saturated rings. The molecule has 76 valence electrons. The molecule has 1 aromatic rings. The predicted molar refractivity (Wildman–Crippen MR) is 66.7 cm³/mol. The highest BCUT2D eigenvalue weighted by Crippen LogP contribution is 2.33. The summed E-state index contributed by atoms with van der Waals surface area (Å²) >= 11 is 0. The number of fused-ring (bicyclic) bond motifs is 1. The Morgan fingerprint density at radius 3 is 2.80 bits per heavy atom. The molecule has 0 atom stereocenters. The van der Waals surface area contributed by atoms with Gasteiger partial charge in [0.1, 0.15) is 0 Å². The third-order valence-corrected chi connectivity index (χ3v) is 2.84. The van der Waals surface area contributed by atoms with Crippen LogP contribution < -0.4 is 0 Å². The van der Waals surface area contributed by atoms with Gasteiger partial charge in [-0.25, -0.2) is 0 Å². The van der Waals surface area contributed by atoms with Crippen LogP contribution in [-0.4, -0.2) is 0 Å². The molecule has 0 radical (unpaired) electrons. The average Bonchev–Trinajstić information content (AvgIpc) is 2.28. The molecule has 1 aliphatic carbocycles. The van der Waals surface area contributed by atoms with Crippen LogP contribution in [0.3, 0.4) is 0 Å². The van der Waals surface area contributed by atoms with Crippen LogP contribution in [0.1, 0.15) is 24.5 Å². The molecule has 0 heteroatoms. The summed E-state index contributed by atoms with van der Waals surface area (Å²) in [6.07, 6.45) is 8.52. The van der Waals surface area contributed by atoms with Gasteiger partial charge in [-0.15, -0.1) is 0 Å². The Labute approximate surface area is 91.6 Å². The van der Waals surface area contributed by atoms with Gasteiger partial charge in [-0.3, -0.25) is 0 Å². The van der Waals surface area contributed by atoms with Crippen LogP contribution in [0.4, 0.5) is 0 Å². The molecule has 0 N–H and O–H groups in total. The van der Waals surface area contributed by atoms with Gasteiger partial charge in [-0.2, -0.15) is 0 Å². The Morgan fingerprint density at radius 1 is 1.20 bits per heavy atom. The van der Waals surface area contributed by atoms with E-state index in [1.165, 1.54) is 22.3 Å². The first kappa shape index (κ1) is 9.97. The van der Waals surface area contributed by atoms with E-state index in [9.17, 15) is 0 Å². The van der Waals surface area contributed by atoms with E-state index >= 15 is 0 Å². The molecule has 0 nitrogen and oxygen atoms in total. The zero-order valence-corrected chi connectivity index (χ0v) is 9.16. The van der Waals surface area contributed by atoms with Crippen LogP contribution in [0.5, 0.6) is 0 Å². The van der Waals surface area contributed by atoms with E-state index in [0.717, 1.165) is 12.8 Å². The van der Waals surface area contributed by atoms with E-state index in [4.69, 9.17) is 0 Å². The molecular weight excluding hydrogens is 180 g/mol. The van der Waals surface area contributed by atoms with Gasteiger partial charge in [0, 0.05) is 0 Å². The molecular formula is C15H16. The molecule has 1 aliphatic rings. The van der Waals surface area contributed by atoms with E-state index in [2.05, 4.69) is 49.1 Å². The SMILES string of the molecule is C=C1CCc2ccccc2/C1=C/C=C\C. The van der Waals surface area contributed by atoms with Gasteiger partial charge in [-0.05, 0) is 42.0 Å². The lowest BCUT2D eigenvalue weighted by Crippen LogP contribution is -2.03. The lowest BCUT2D eigenvalue weighted by molar-refractivity contribution is 0.943. The van der Waals surface area contributed by atoms with E-state index in [1.54, 1.807) is 0 Å². The summed E-state index contributed by atoms with van der Waals surface area (Å²) in [5.41, 5.74) is 5.36. The van der Waals surface area contributed by atoms with E-state index in [0.29, 0.717) is 0 Å². The summed E-state index contributed by atoms with van der Waals surface area (Å²) < 4.78 is 0. The number of hydrogen-bond acceptors (Lipinski definition) is 0. The Bertz CT molecular complexity index is 433. The maximum Gasteiger partial charge on any atom is -0.0149 e. The molecule has 0 unspecified atom stereocenters. The van der Waals surface area contributed by atoms with Crippen LogP contribution in [0, 0.1) is 0 Å². The number of benzene rings is 1. The minimum atomic E-state index is 1.08. The zero-order chi connectivity index (χ0) is 10.7. The van der Waals surface area contributed by atoms with Crippen molar-refractivity contribution in [1.29, 1.82) is 0 Å². The highest BCUT2D eigenvalue weighted by molar-refractivity contribution is 5.82. The molecule has 0 aliphatic heterocycles. The second kappa shape index (κ2) is 4.31. The van der Waals surface area contributed by atoms with Crippen LogP contribution in [0.25, 0.3) is 5.57 Å². The molecule has 0 aromatic heterocycles. The van der Waals surface area contributed by atoms with Gasteiger partial charge < -0.3 is 0 Å². The third-order valence-electron chi connectivity index (χ3n) is 2.84. The summed E-state index contributed by atoms with van der Waals surface area (Å²) in [7, 11) is 0. The second-order valence-corrected chi connectivity index (χ2v) is 3.87. The molecule has 0 spiro atoms. The van der Waals surface area contributed by atoms with Gasteiger partial charge in [0.05, 0.1) is 0 Å². The van der Waals surface area contributed by atoms with Gasteiger partial charge in [0.2, 0.25) is 0 Å². The topological polar surface area (TPSA) is 0 Å². The fourth-order valence-corrected chi connectivity index (χ4v) is 2.01. The zero-order valence-electron chi connectivity index (χ0n) is 9.16. The third kappa shape index (κ3) is 1.94. The Balaban J connectivity index is 2.50. The summed E-state index contributed by atoms with van der Waals surface area (Å²) in [5, 5.41) is 0. The molecule has 0 saturated carbocycles. The Hall–Kier alpha value is -1.56. The normalized spacial score (nSPS) is 18.5. The first-order valence-corrected chi connectivity index (χ1v) is 5.42. The number of allylic oxidation sites excluding steroid dienone is 5. The quantitative estimate of drug-likeness (QED) is 0.633. The molecule has 0 bridgehead atoms. The van der Waals surface area contributed by atoms with Crippen molar-refractivity contribution in [3.63, 3.8) is 0 Å². The first-order chi connectivity index (χ1) is 7.33. The summed E-state index contributed by atoms with van der Waals surface area (Å²) in [5.74, 6) is 0. The summed E-state index contributed by atoms with van der Waals surface area (Å²) in [6, 6.07) is 8.61. The van der Waals surface area contributed by atoms with E-state index in [-0.39, 0.29) is 0 Å². The Kier molecular flexibility index (Phi) is 2.86. The highest BCUT2D eigenvalue weighted by Gasteiger charge is 2.15.